The average Bonchev–Trinajstić information content (AvgIpc) is 2.74. The second-order valence-corrected chi connectivity index (χ2v) is 8.61. The normalized spacial score (nSPS) is 11.3. The predicted octanol–water partition coefficient (Wildman–Crippen LogP) is 4.44. The van der Waals surface area contributed by atoms with Crippen LogP contribution in [-0.2, 0) is 9.84 Å². The van der Waals surface area contributed by atoms with Gasteiger partial charge in [0.05, 0.1) is 10.5 Å². The minimum atomic E-state index is -3.31. The van der Waals surface area contributed by atoms with Gasteiger partial charge in [0, 0.05) is 35.3 Å². The Kier molecular flexibility index (Phi) is 4.86. The molecule has 5 nitrogen and oxygen atoms in total. The molecule has 0 unspecified atom stereocenters. The number of pyridine rings is 1. The second-order valence-electron chi connectivity index (χ2n) is 6.59. The van der Waals surface area contributed by atoms with E-state index < -0.39 is 15.5 Å². The molecule has 0 fully saturated rings. The maximum atomic E-state index is 12.9. The molecule has 0 amide bonds. The first-order valence-electron chi connectivity index (χ1n) is 8.88. The summed E-state index contributed by atoms with van der Waals surface area (Å²) in [6, 6.07) is 21.1. The maximum Gasteiger partial charge on any atom is 0.344 e. The van der Waals surface area contributed by atoms with Gasteiger partial charge in [-0.3, -0.25) is 4.98 Å². The van der Waals surface area contributed by atoms with Crippen LogP contribution in [0.1, 0.15) is 0 Å². The molecule has 0 atom stereocenters. The van der Waals surface area contributed by atoms with E-state index in [0.717, 1.165) is 11.8 Å². The van der Waals surface area contributed by atoms with E-state index in [2.05, 4.69) is 4.98 Å². The van der Waals surface area contributed by atoms with Gasteiger partial charge in [0.15, 0.2) is 9.84 Å². The summed E-state index contributed by atoms with van der Waals surface area (Å²) in [6.45, 7) is 0. The topological polar surface area (TPSA) is 77.2 Å². The van der Waals surface area contributed by atoms with Gasteiger partial charge in [-0.1, -0.05) is 48.5 Å². The number of aromatic nitrogens is 1. The molecule has 29 heavy (non-hydrogen) atoms. The molecule has 0 saturated heterocycles. The summed E-state index contributed by atoms with van der Waals surface area (Å²) in [4.78, 5) is 17.3. The summed E-state index contributed by atoms with van der Waals surface area (Å²) in [7, 11) is -3.31. The lowest BCUT2D eigenvalue weighted by Crippen LogP contribution is -2.06. The second kappa shape index (κ2) is 7.48. The molecule has 6 heteroatoms. The molecule has 2 aromatic carbocycles. The molecule has 4 rings (SSSR count). The molecule has 0 saturated carbocycles. The van der Waals surface area contributed by atoms with Gasteiger partial charge >= 0.3 is 5.63 Å². The van der Waals surface area contributed by atoms with Crippen molar-refractivity contribution in [3.63, 3.8) is 0 Å². The first kappa shape index (κ1) is 18.8. The van der Waals surface area contributed by atoms with E-state index in [0.29, 0.717) is 28.0 Å². The Hall–Kier alpha value is -3.51. The molecule has 144 valence electrons. The van der Waals surface area contributed by atoms with Crippen LogP contribution in [0.3, 0.4) is 0 Å². The average molecular weight is 403 g/mol. The van der Waals surface area contributed by atoms with Crippen molar-refractivity contribution in [2.45, 2.75) is 4.90 Å². The number of nitrogens with zero attached hydrogens (tertiary/aromatic N) is 1. The van der Waals surface area contributed by atoms with E-state index in [1.807, 2.05) is 30.3 Å². The quantitative estimate of drug-likeness (QED) is 0.503. The highest BCUT2D eigenvalue weighted by molar-refractivity contribution is 7.90. The van der Waals surface area contributed by atoms with Gasteiger partial charge in [-0.25, -0.2) is 13.2 Å². The third-order valence-corrected chi connectivity index (χ3v) is 5.68. The lowest BCUT2D eigenvalue weighted by Gasteiger charge is -2.11. The van der Waals surface area contributed by atoms with Gasteiger partial charge < -0.3 is 4.42 Å². The zero-order chi connectivity index (χ0) is 20.4. The van der Waals surface area contributed by atoms with Crippen LogP contribution in [0.25, 0.3) is 33.6 Å². The van der Waals surface area contributed by atoms with Crippen molar-refractivity contribution in [1.29, 1.82) is 0 Å². The minimum Gasteiger partial charge on any atom is -0.422 e. The van der Waals surface area contributed by atoms with Gasteiger partial charge in [-0.05, 0) is 29.8 Å². The Morgan fingerprint density at radius 2 is 1.52 bits per heavy atom. The van der Waals surface area contributed by atoms with Crippen LogP contribution < -0.4 is 5.63 Å². The smallest absolute Gasteiger partial charge is 0.344 e. The SMILES string of the molecule is CS(=O)(=O)c1ccc(-c2cc(-c3ccccc3)oc(=O)c2-c2cccnc2)cc1. The molecule has 2 heterocycles. The van der Waals surface area contributed by atoms with E-state index in [-0.39, 0.29) is 4.90 Å². The Morgan fingerprint density at radius 3 is 2.14 bits per heavy atom. The van der Waals surface area contributed by atoms with Crippen LogP contribution >= 0.6 is 0 Å². The first-order valence-corrected chi connectivity index (χ1v) is 10.8. The summed E-state index contributed by atoms with van der Waals surface area (Å²) in [5.41, 5.74) is 2.65. The van der Waals surface area contributed by atoms with Crippen molar-refractivity contribution in [3.8, 4) is 33.6 Å². The van der Waals surface area contributed by atoms with E-state index in [4.69, 9.17) is 4.42 Å². The van der Waals surface area contributed by atoms with Crippen molar-refractivity contribution >= 4 is 9.84 Å². The highest BCUT2D eigenvalue weighted by Crippen LogP contribution is 2.33. The van der Waals surface area contributed by atoms with Crippen LogP contribution in [0.4, 0.5) is 0 Å². The summed E-state index contributed by atoms with van der Waals surface area (Å²) in [6.07, 6.45) is 4.39. The molecule has 4 aromatic rings. The molecule has 0 N–H and O–H groups in total. The Balaban J connectivity index is 1.97. The van der Waals surface area contributed by atoms with Gasteiger partial charge in [0.25, 0.3) is 0 Å². The molecular formula is C23H17NO4S. The van der Waals surface area contributed by atoms with Crippen LogP contribution in [-0.4, -0.2) is 19.7 Å². The predicted molar refractivity (Wildman–Crippen MR) is 112 cm³/mol. The number of benzene rings is 2. The molecule has 0 radical (unpaired) electrons. The lowest BCUT2D eigenvalue weighted by atomic mass is 9.96. The van der Waals surface area contributed by atoms with Gasteiger partial charge in [-0.15, -0.1) is 0 Å². The van der Waals surface area contributed by atoms with Crippen LogP contribution in [0.15, 0.2) is 99.3 Å². The standard InChI is InChI=1S/C23H17NO4S/c1-29(26,27)19-11-9-16(10-12-19)20-14-21(17-6-3-2-4-7-17)28-23(25)22(20)18-8-5-13-24-15-18/h2-15H,1H3. The molecule has 0 aliphatic rings. The van der Waals surface area contributed by atoms with Crippen molar-refractivity contribution < 1.29 is 12.8 Å². The summed E-state index contributed by atoms with van der Waals surface area (Å²) in [5, 5.41) is 0. The molecule has 0 bridgehead atoms. The molecule has 0 aliphatic carbocycles. The van der Waals surface area contributed by atoms with Crippen LogP contribution in [0.5, 0.6) is 0 Å². The Bertz CT molecular complexity index is 1310. The number of hydrogen-bond acceptors (Lipinski definition) is 5. The van der Waals surface area contributed by atoms with Crippen molar-refractivity contribution in [2.24, 2.45) is 0 Å². The Labute approximate surface area is 168 Å². The first-order chi connectivity index (χ1) is 13.9. The van der Waals surface area contributed by atoms with E-state index in [9.17, 15) is 13.2 Å². The monoisotopic (exact) mass is 403 g/mol. The molecular weight excluding hydrogens is 386 g/mol. The zero-order valence-corrected chi connectivity index (χ0v) is 16.4. The number of rotatable bonds is 4. The fourth-order valence-corrected chi connectivity index (χ4v) is 3.76. The summed E-state index contributed by atoms with van der Waals surface area (Å²) >= 11 is 0. The minimum absolute atomic E-state index is 0.218. The van der Waals surface area contributed by atoms with Gasteiger partial charge in [0.2, 0.25) is 0 Å². The number of hydrogen-bond donors (Lipinski definition) is 0. The van der Waals surface area contributed by atoms with Crippen molar-refractivity contribution in [2.75, 3.05) is 6.26 Å². The van der Waals surface area contributed by atoms with E-state index >= 15 is 0 Å². The summed E-state index contributed by atoms with van der Waals surface area (Å²) in [5.74, 6) is 0.436. The fourth-order valence-electron chi connectivity index (χ4n) is 3.13. The highest BCUT2D eigenvalue weighted by atomic mass is 32.2. The van der Waals surface area contributed by atoms with Crippen LogP contribution in [0.2, 0.25) is 0 Å². The van der Waals surface area contributed by atoms with Crippen molar-refractivity contribution in [3.05, 3.63) is 95.6 Å². The largest absolute Gasteiger partial charge is 0.422 e. The lowest BCUT2D eigenvalue weighted by molar-refractivity contribution is 0.529. The molecule has 2 aromatic heterocycles. The van der Waals surface area contributed by atoms with Crippen molar-refractivity contribution in [1.82, 2.24) is 4.98 Å². The zero-order valence-electron chi connectivity index (χ0n) is 15.6. The fraction of sp³-hybridized carbons (Fsp3) is 0.0435. The van der Waals surface area contributed by atoms with Crippen LogP contribution in [0, 0.1) is 0 Å². The third kappa shape index (κ3) is 3.88. The molecule has 0 spiro atoms. The molecule has 0 aliphatic heterocycles. The van der Waals surface area contributed by atoms with E-state index in [1.54, 1.807) is 42.7 Å². The third-order valence-electron chi connectivity index (χ3n) is 4.55. The number of sulfone groups is 1. The van der Waals surface area contributed by atoms with Gasteiger partial charge in [0.1, 0.15) is 5.76 Å². The van der Waals surface area contributed by atoms with E-state index in [1.165, 1.54) is 12.1 Å². The Morgan fingerprint density at radius 1 is 0.828 bits per heavy atom. The highest BCUT2D eigenvalue weighted by Gasteiger charge is 2.17. The maximum absolute atomic E-state index is 12.9. The van der Waals surface area contributed by atoms with Gasteiger partial charge in [-0.2, -0.15) is 0 Å². The summed E-state index contributed by atoms with van der Waals surface area (Å²) < 4.78 is 29.2.